The summed E-state index contributed by atoms with van der Waals surface area (Å²) in [6.07, 6.45) is 9.32. The van der Waals surface area contributed by atoms with Gasteiger partial charge in [-0.05, 0) is 30.6 Å². The first kappa shape index (κ1) is 10.7. The van der Waals surface area contributed by atoms with Crippen LogP contribution in [0.15, 0.2) is 0 Å². The van der Waals surface area contributed by atoms with Gasteiger partial charge in [0.15, 0.2) is 0 Å². The molecule has 1 aliphatic heterocycles. The first-order valence-electron chi connectivity index (χ1n) is 6.57. The van der Waals surface area contributed by atoms with E-state index in [9.17, 15) is 0 Å². The van der Waals surface area contributed by atoms with Crippen LogP contribution in [0, 0.1) is 17.8 Å². The monoisotopic (exact) mass is 209 g/mol. The Morgan fingerprint density at radius 2 is 1.29 bits per heavy atom. The first-order valence-corrected chi connectivity index (χ1v) is 8.98. The van der Waals surface area contributed by atoms with Crippen molar-refractivity contribution in [3.63, 3.8) is 0 Å². The van der Waals surface area contributed by atoms with Crippen LogP contribution in [-0.4, -0.2) is 8.80 Å². The summed E-state index contributed by atoms with van der Waals surface area (Å²) in [5, 5.41) is 0. The Kier molecular flexibility index (Phi) is 3.70. The van der Waals surface area contributed by atoms with Crippen molar-refractivity contribution in [2.45, 2.75) is 64.1 Å². The smallest absolute Gasteiger partial charge is 0.0446 e. The Balaban J connectivity index is 1.78. The van der Waals surface area contributed by atoms with Gasteiger partial charge in [0.1, 0.15) is 0 Å². The molecule has 14 heavy (non-hydrogen) atoms. The molecule has 0 amide bonds. The molecule has 0 spiro atoms. The molecule has 0 bridgehead atoms. The summed E-state index contributed by atoms with van der Waals surface area (Å²) in [6, 6.07) is 3.22. The number of hydrogen-bond acceptors (Lipinski definition) is 0. The van der Waals surface area contributed by atoms with Crippen LogP contribution in [0.3, 0.4) is 0 Å². The second kappa shape index (κ2) is 4.83. The fourth-order valence-electron chi connectivity index (χ4n) is 3.36. The minimum absolute atomic E-state index is 0.126. The highest BCUT2D eigenvalue weighted by Crippen LogP contribution is 2.39. The van der Waals surface area contributed by atoms with E-state index in [1.807, 2.05) is 0 Å². The van der Waals surface area contributed by atoms with Gasteiger partial charge >= 0.3 is 0 Å². The van der Waals surface area contributed by atoms with Crippen molar-refractivity contribution < 1.29 is 0 Å². The van der Waals surface area contributed by atoms with E-state index in [4.69, 9.17) is 0 Å². The summed E-state index contributed by atoms with van der Waals surface area (Å²) in [6.45, 7) is 4.97. The lowest BCUT2D eigenvalue weighted by Gasteiger charge is -2.36. The van der Waals surface area contributed by atoms with Crippen molar-refractivity contribution in [2.24, 2.45) is 17.8 Å². The molecule has 0 unspecified atom stereocenters. The third-order valence-corrected chi connectivity index (χ3v) is 6.90. The van der Waals surface area contributed by atoms with Crippen molar-refractivity contribution in [3.05, 3.63) is 0 Å². The van der Waals surface area contributed by atoms with Crippen molar-refractivity contribution in [1.82, 2.24) is 0 Å². The van der Waals surface area contributed by atoms with Crippen LogP contribution in [0.1, 0.15) is 45.4 Å². The standard InChI is InChI=1S/C13H25Si/c1-11-3-5-12(6-4-11)13-7-9-14(2)10-8-13/h11-13H,3-10H2,1-2H3. The van der Waals surface area contributed by atoms with Crippen LogP contribution in [-0.2, 0) is 0 Å². The van der Waals surface area contributed by atoms with Crippen molar-refractivity contribution in [2.75, 3.05) is 0 Å². The summed E-state index contributed by atoms with van der Waals surface area (Å²) in [5.74, 6) is 3.29. The highest BCUT2D eigenvalue weighted by Gasteiger charge is 2.28. The molecular formula is C13H25Si. The fourth-order valence-corrected chi connectivity index (χ4v) is 5.34. The van der Waals surface area contributed by atoms with E-state index in [-0.39, 0.29) is 8.80 Å². The lowest BCUT2D eigenvalue weighted by atomic mass is 9.74. The molecule has 1 saturated heterocycles. The molecule has 0 nitrogen and oxygen atoms in total. The second-order valence-corrected chi connectivity index (χ2v) is 8.73. The highest BCUT2D eigenvalue weighted by molar-refractivity contribution is 6.57. The maximum absolute atomic E-state index is 2.53. The molecular weight excluding hydrogens is 184 g/mol. The zero-order valence-corrected chi connectivity index (χ0v) is 10.9. The van der Waals surface area contributed by atoms with Crippen LogP contribution < -0.4 is 0 Å². The predicted octanol–water partition coefficient (Wildman–Crippen LogP) is 4.35. The molecule has 2 rings (SSSR count). The van der Waals surface area contributed by atoms with Gasteiger partial charge in [0, 0.05) is 8.80 Å². The molecule has 0 atom stereocenters. The molecule has 2 aliphatic rings. The molecule has 0 aromatic rings. The topological polar surface area (TPSA) is 0 Å². The Morgan fingerprint density at radius 1 is 0.786 bits per heavy atom. The van der Waals surface area contributed by atoms with E-state index in [0.29, 0.717) is 0 Å². The molecule has 0 aromatic carbocycles. The maximum Gasteiger partial charge on any atom is 0.0446 e. The molecule has 0 N–H and O–H groups in total. The van der Waals surface area contributed by atoms with Gasteiger partial charge in [-0.15, -0.1) is 0 Å². The minimum Gasteiger partial charge on any atom is -0.0711 e. The molecule has 2 fully saturated rings. The van der Waals surface area contributed by atoms with Crippen LogP contribution in [0.5, 0.6) is 0 Å². The van der Waals surface area contributed by atoms with E-state index in [2.05, 4.69) is 13.5 Å². The third kappa shape index (κ3) is 2.62. The fraction of sp³-hybridized carbons (Fsp3) is 1.00. The van der Waals surface area contributed by atoms with Gasteiger partial charge in [0.05, 0.1) is 0 Å². The lowest BCUT2D eigenvalue weighted by Crippen LogP contribution is -2.26. The average molecular weight is 209 g/mol. The van der Waals surface area contributed by atoms with Gasteiger partial charge in [0.2, 0.25) is 0 Å². The normalized spacial score (nSPS) is 37.3. The Bertz CT molecular complexity index is 142. The number of hydrogen-bond donors (Lipinski definition) is 0. The molecule has 1 heterocycles. The van der Waals surface area contributed by atoms with E-state index in [0.717, 1.165) is 17.8 Å². The molecule has 0 aromatic heterocycles. The van der Waals surface area contributed by atoms with E-state index in [1.165, 1.54) is 12.8 Å². The molecule has 1 heteroatoms. The highest BCUT2D eigenvalue weighted by atomic mass is 28.3. The summed E-state index contributed by atoms with van der Waals surface area (Å²) < 4.78 is 0. The van der Waals surface area contributed by atoms with E-state index >= 15 is 0 Å². The van der Waals surface area contributed by atoms with Crippen molar-refractivity contribution in [3.8, 4) is 0 Å². The van der Waals surface area contributed by atoms with Gasteiger partial charge in [-0.3, -0.25) is 0 Å². The van der Waals surface area contributed by atoms with Gasteiger partial charge in [0.25, 0.3) is 0 Å². The lowest BCUT2D eigenvalue weighted by molar-refractivity contribution is 0.199. The first-order chi connectivity index (χ1) is 6.75. The van der Waals surface area contributed by atoms with E-state index < -0.39 is 0 Å². The predicted molar refractivity (Wildman–Crippen MR) is 65.1 cm³/mol. The average Bonchev–Trinajstić information content (AvgIpc) is 2.21. The Hall–Kier alpha value is 0.217. The van der Waals surface area contributed by atoms with E-state index in [1.54, 1.807) is 37.8 Å². The SMILES string of the molecule is CC1CCC(C2CC[Si](C)CC2)CC1. The van der Waals surface area contributed by atoms with Crippen molar-refractivity contribution in [1.29, 1.82) is 0 Å². The van der Waals surface area contributed by atoms with Crippen LogP contribution in [0.25, 0.3) is 0 Å². The Labute approximate surface area is 91.1 Å². The Morgan fingerprint density at radius 3 is 1.86 bits per heavy atom. The second-order valence-electron chi connectivity index (χ2n) is 5.81. The molecule has 1 radical (unpaired) electrons. The van der Waals surface area contributed by atoms with Crippen molar-refractivity contribution >= 4 is 8.80 Å². The summed E-state index contributed by atoms with van der Waals surface area (Å²) >= 11 is 0. The quantitative estimate of drug-likeness (QED) is 0.563. The zero-order chi connectivity index (χ0) is 9.97. The summed E-state index contributed by atoms with van der Waals surface area (Å²) in [5.41, 5.74) is 0. The summed E-state index contributed by atoms with van der Waals surface area (Å²) in [7, 11) is 0.126. The minimum atomic E-state index is 0.126. The third-order valence-electron chi connectivity index (χ3n) is 4.61. The van der Waals surface area contributed by atoms with Gasteiger partial charge < -0.3 is 0 Å². The largest absolute Gasteiger partial charge is 0.0711 e. The molecule has 1 saturated carbocycles. The molecule has 81 valence electrons. The van der Waals surface area contributed by atoms with Gasteiger partial charge in [-0.2, -0.15) is 0 Å². The zero-order valence-electron chi connectivity index (χ0n) is 9.89. The number of rotatable bonds is 1. The maximum atomic E-state index is 2.53. The summed E-state index contributed by atoms with van der Waals surface area (Å²) in [4.78, 5) is 0. The van der Waals surface area contributed by atoms with Gasteiger partial charge in [-0.1, -0.05) is 51.2 Å². The molecule has 1 aliphatic carbocycles. The van der Waals surface area contributed by atoms with Crippen LogP contribution in [0.4, 0.5) is 0 Å². The van der Waals surface area contributed by atoms with Crippen LogP contribution in [0.2, 0.25) is 18.6 Å². The van der Waals surface area contributed by atoms with Gasteiger partial charge in [-0.25, -0.2) is 0 Å². The van der Waals surface area contributed by atoms with Crippen LogP contribution >= 0.6 is 0 Å².